The lowest BCUT2D eigenvalue weighted by Crippen LogP contribution is -2.71. The Morgan fingerprint density at radius 3 is 2.10 bits per heavy atom. The third-order valence-electron chi connectivity index (χ3n) is 3.65. The van der Waals surface area contributed by atoms with E-state index in [9.17, 15) is 0 Å². The van der Waals surface area contributed by atoms with Crippen molar-refractivity contribution in [1.29, 1.82) is 0 Å². The van der Waals surface area contributed by atoms with Gasteiger partial charge in [-0.2, -0.15) is 0 Å². The van der Waals surface area contributed by atoms with Crippen LogP contribution in [-0.4, -0.2) is 17.4 Å². The highest BCUT2D eigenvalue weighted by molar-refractivity contribution is 9.10. The van der Waals surface area contributed by atoms with Gasteiger partial charge in [-0.05, 0) is 43.7 Å². The third-order valence-corrected chi connectivity index (χ3v) is 4.50. The van der Waals surface area contributed by atoms with Crippen LogP contribution >= 0.6 is 15.9 Å². The van der Waals surface area contributed by atoms with Gasteiger partial charge >= 0.3 is 0 Å². The molecule has 1 aliphatic heterocycles. The molecule has 4 aliphatic rings. The van der Waals surface area contributed by atoms with Gasteiger partial charge in [0.15, 0.2) is 0 Å². The predicted molar refractivity (Wildman–Crippen MR) is 44.3 cm³/mol. The van der Waals surface area contributed by atoms with Crippen molar-refractivity contribution in [2.75, 3.05) is 13.1 Å². The van der Waals surface area contributed by atoms with Gasteiger partial charge < -0.3 is 5.32 Å². The van der Waals surface area contributed by atoms with Crippen LogP contribution in [0.4, 0.5) is 0 Å². The molecule has 1 nitrogen and oxygen atoms in total. The molecular formula is C8H12BrN. The number of hydrogen-bond acceptors (Lipinski definition) is 1. The molecule has 4 fully saturated rings. The lowest BCUT2D eigenvalue weighted by Gasteiger charge is -2.72. The fourth-order valence-electron chi connectivity index (χ4n) is 2.89. The lowest BCUT2D eigenvalue weighted by atomic mass is 9.39. The molecule has 4 rings (SSSR count). The molecule has 0 atom stereocenters. The van der Waals surface area contributed by atoms with Gasteiger partial charge in [0.25, 0.3) is 0 Å². The molecule has 0 spiro atoms. The second-order valence-electron chi connectivity index (χ2n) is 4.40. The first-order valence-electron chi connectivity index (χ1n) is 4.12. The Bertz CT molecular complexity index is 166. The topological polar surface area (TPSA) is 12.0 Å². The molecule has 10 heavy (non-hydrogen) atoms. The van der Waals surface area contributed by atoms with Crippen LogP contribution in [0.3, 0.4) is 0 Å². The van der Waals surface area contributed by atoms with Crippen LogP contribution in [0.15, 0.2) is 0 Å². The maximum atomic E-state index is 3.77. The molecule has 1 saturated heterocycles. The van der Waals surface area contributed by atoms with Crippen LogP contribution in [0.1, 0.15) is 19.3 Å². The van der Waals surface area contributed by atoms with E-state index in [1.807, 2.05) is 0 Å². The molecule has 0 aromatic heterocycles. The SMILES string of the molecule is BrC12CC(C3CNC3)(C1)C2. The summed E-state index contributed by atoms with van der Waals surface area (Å²) in [4.78, 5) is 0. The maximum Gasteiger partial charge on any atom is 0.0274 e. The summed E-state index contributed by atoms with van der Waals surface area (Å²) in [5.74, 6) is 1.03. The minimum atomic E-state index is 0.628. The predicted octanol–water partition coefficient (Wildman–Crippen LogP) is 1.52. The van der Waals surface area contributed by atoms with Gasteiger partial charge in [-0.15, -0.1) is 0 Å². The van der Waals surface area contributed by atoms with Crippen LogP contribution < -0.4 is 5.32 Å². The summed E-state index contributed by atoms with van der Waals surface area (Å²) in [5.41, 5.74) is 0.814. The first-order chi connectivity index (χ1) is 4.73. The second-order valence-corrected chi connectivity index (χ2v) is 6.08. The van der Waals surface area contributed by atoms with Crippen molar-refractivity contribution in [3.8, 4) is 0 Å². The highest BCUT2D eigenvalue weighted by atomic mass is 79.9. The highest BCUT2D eigenvalue weighted by Gasteiger charge is 2.69. The normalized spacial score (nSPS) is 58.5. The van der Waals surface area contributed by atoms with E-state index in [-0.39, 0.29) is 0 Å². The standard InChI is InChI=1S/C8H12BrN/c9-8-3-7(4-8,5-8)6-1-10-2-6/h6,10H,1-5H2. The van der Waals surface area contributed by atoms with E-state index < -0.39 is 0 Å². The van der Waals surface area contributed by atoms with Crippen molar-refractivity contribution in [2.24, 2.45) is 11.3 Å². The van der Waals surface area contributed by atoms with Gasteiger partial charge in [-0.3, -0.25) is 0 Å². The molecule has 0 unspecified atom stereocenters. The molecule has 2 bridgehead atoms. The fourth-order valence-corrected chi connectivity index (χ4v) is 4.57. The second kappa shape index (κ2) is 1.46. The minimum absolute atomic E-state index is 0.628. The Balaban J connectivity index is 1.74. The average Bonchev–Trinajstić information content (AvgIpc) is 1.53. The summed E-state index contributed by atoms with van der Waals surface area (Å²) in [5, 5.41) is 3.36. The Kier molecular flexibility index (Phi) is 0.879. The van der Waals surface area contributed by atoms with Crippen molar-refractivity contribution < 1.29 is 0 Å². The van der Waals surface area contributed by atoms with E-state index in [1.165, 1.54) is 32.4 Å². The van der Waals surface area contributed by atoms with E-state index in [1.54, 1.807) is 0 Å². The monoisotopic (exact) mass is 201 g/mol. The van der Waals surface area contributed by atoms with Gasteiger partial charge in [0, 0.05) is 4.32 Å². The van der Waals surface area contributed by atoms with E-state index in [4.69, 9.17) is 0 Å². The van der Waals surface area contributed by atoms with Crippen molar-refractivity contribution in [2.45, 2.75) is 23.6 Å². The summed E-state index contributed by atoms with van der Waals surface area (Å²) in [7, 11) is 0. The largest absolute Gasteiger partial charge is 0.316 e. The number of halogens is 1. The zero-order valence-electron chi connectivity index (χ0n) is 5.99. The zero-order chi connectivity index (χ0) is 6.82. The quantitative estimate of drug-likeness (QED) is 0.635. The molecule has 2 heteroatoms. The van der Waals surface area contributed by atoms with Gasteiger partial charge in [-0.1, -0.05) is 15.9 Å². The Hall–Kier alpha value is 0.440. The van der Waals surface area contributed by atoms with E-state index in [0.29, 0.717) is 4.32 Å². The van der Waals surface area contributed by atoms with E-state index in [2.05, 4.69) is 21.2 Å². The molecular weight excluding hydrogens is 190 g/mol. The summed E-state index contributed by atoms with van der Waals surface area (Å²) in [6, 6.07) is 0. The first-order valence-corrected chi connectivity index (χ1v) is 4.92. The fraction of sp³-hybridized carbons (Fsp3) is 1.00. The molecule has 0 aromatic carbocycles. The summed E-state index contributed by atoms with van der Waals surface area (Å²) >= 11 is 3.77. The van der Waals surface area contributed by atoms with Crippen LogP contribution in [0.25, 0.3) is 0 Å². The molecule has 0 aromatic rings. The average molecular weight is 202 g/mol. The van der Waals surface area contributed by atoms with Crippen LogP contribution in [0.5, 0.6) is 0 Å². The summed E-state index contributed by atoms with van der Waals surface area (Å²) in [6.07, 6.45) is 4.39. The Labute approximate surface area is 69.7 Å². The van der Waals surface area contributed by atoms with Crippen molar-refractivity contribution in [1.82, 2.24) is 5.32 Å². The van der Waals surface area contributed by atoms with Crippen LogP contribution in [-0.2, 0) is 0 Å². The molecule has 3 saturated carbocycles. The smallest absolute Gasteiger partial charge is 0.0274 e. The molecule has 0 amide bonds. The van der Waals surface area contributed by atoms with Crippen LogP contribution in [0.2, 0.25) is 0 Å². The molecule has 1 N–H and O–H groups in total. The number of rotatable bonds is 1. The lowest BCUT2D eigenvalue weighted by molar-refractivity contribution is -0.134. The minimum Gasteiger partial charge on any atom is -0.316 e. The number of nitrogens with one attached hydrogen (secondary N) is 1. The van der Waals surface area contributed by atoms with Gasteiger partial charge in [0.1, 0.15) is 0 Å². The first kappa shape index (κ1) is 6.01. The van der Waals surface area contributed by atoms with Crippen molar-refractivity contribution >= 4 is 15.9 Å². The Morgan fingerprint density at radius 2 is 1.80 bits per heavy atom. The maximum absolute atomic E-state index is 3.77. The van der Waals surface area contributed by atoms with Gasteiger partial charge in [-0.25, -0.2) is 0 Å². The summed E-state index contributed by atoms with van der Waals surface area (Å²) < 4.78 is 0.628. The number of alkyl halides is 1. The van der Waals surface area contributed by atoms with Crippen LogP contribution in [0, 0.1) is 11.3 Å². The molecule has 0 radical (unpaired) electrons. The molecule has 1 heterocycles. The van der Waals surface area contributed by atoms with Gasteiger partial charge in [0.05, 0.1) is 0 Å². The van der Waals surface area contributed by atoms with Gasteiger partial charge in [0.2, 0.25) is 0 Å². The summed E-state index contributed by atoms with van der Waals surface area (Å²) in [6.45, 7) is 2.59. The molecule has 56 valence electrons. The Morgan fingerprint density at radius 1 is 1.20 bits per heavy atom. The van der Waals surface area contributed by atoms with Crippen molar-refractivity contribution in [3.05, 3.63) is 0 Å². The molecule has 3 aliphatic carbocycles. The van der Waals surface area contributed by atoms with E-state index >= 15 is 0 Å². The third kappa shape index (κ3) is 0.504. The van der Waals surface area contributed by atoms with Crippen molar-refractivity contribution in [3.63, 3.8) is 0 Å². The zero-order valence-corrected chi connectivity index (χ0v) is 7.58. The number of hydrogen-bond donors (Lipinski definition) is 1. The van der Waals surface area contributed by atoms with E-state index in [0.717, 1.165) is 11.3 Å². The highest BCUT2D eigenvalue weighted by Crippen LogP contribution is 2.74.